The molecule has 0 aromatic heterocycles. The molecule has 30 heavy (non-hydrogen) atoms. The third kappa shape index (κ3) is 4.53. The molecule has 1 aliphatic heterocycles. The number of hydroxylamine groups is 1. The first-order valence-corrected chi connectivity index (χ1v) is 10.9. The Labute approximate surface area is 176 Å². The predicted molar refractivity (Wildman–Crippen MR) is 109 cm³/mol. The largest absolute Gasteiger partial charge is 0.449 e. The molecule has 3 rings (SSSR count). The van der Waals surface area contributed by atoms with E-state index < -0.39 is 22.1 Å². The number of fused-ring (bicyclic) bond motifs is 1. The molecule has 160 valence electrons. The number of hydrogen-bond acceptors (Lipinski definition) is 6. The summed E-state index contributed by atoms with van der Waals surface area (Å²) in [4.78, 5) is 31.6. The van der Waals surface area contributed by atoms with Crippen molar-refractivity contribution in [3.8, 4) is 0 Å². The van der Waals surface area contributed by atoms with Crippen LogP contribution in [0.15, 0.2) is 53.4 Å². The number of amides is 1. The average molecular weight is 432 g/mol. The number of rotatable bonds is 6. The summed E-state index contributed by atoms with van der Waals surface area (Å²) in [5, 5.41) is 0. The van der Waals surface area contributed by atoms with Gasteiger partial charge in [-0.25, -0.2) is 13.2 Å². The molecular weight excluding hydrogens is 408 g/mol. The Bertz CT molecular complexity index is 1050. The van der Waals surface area contributed by atoms with Crippen LogP contribution in [0.5, 0.6) is 0 Å². The van der Waals surface area contributed by atoms with Crippen molar-refractivity contribution in [2.75, 3.05) is 20.7 Å². The van der Waals surface area contributed by atoms with Crippen molar-refractivity contribution in [3.05, 3.63) is 65.2 Å². The van der Waals surface area contributed by atoms with Crippen molar-refractivity contribution in [2.24, 2.45) is 0 Å². The van der Waals surface area contributed by atoms with Crippen LogP contribution >= 0.6 is 0 Å². The van der Waals surface area contributed by atoms with Gasteiger partial charge in [0, 0.05) is 20.1 Å². The number of carbonyl (C=O) groups excluding carboxylic acids is 2. The number of hydrogen-bond donors (Lipinski definition) is 0. The smallest absolute Gasteiger partial charge is 0.338 e. The van der Waals surface area contributed by atoms with E-state index in [0.29, 0.717) is 17.6 Å². The summed E-state index contributed by atoms with van der Waals surface area (Å²) < 4.78 is 30.7. The molecule has 0 radical (unpaired) electrons. The lowest BCUT2D eigenvalue weighted by Gasteiger charge is -2.30. The summed E-state index contributed by atoms with van der Waals surface area (Å²) in [6.07, 6.45) is -0.250. The minimum absolute atomic E-state index is 0.0317. The lowest BCUT2D eigenvalue weighted by molar-refractivity contribution is -0.140. The average Bonchev–Trinajstić information content (AvgIpc) is 2.77. The summed E-state index contributed by atoms with van der Waals surface area (Å²) in [7, 11) is -1.44. The fourth-order valence-electron chi connectivity index (χ4n) is 3.25. The number of ether oxygens (including phenoxy) is 1. The molecular formula is C21H24N2O6S. The van der Waals surface area contributed by atoms with Crippen molar-refractivity contribution in [3.63, 3.8) is 0 Å². The topological polar surface area (TPSA) is 93.2 Å². The fourth-order valence-corrected chi connectivity index (χ4v) is 4.27. The Morgan fingerprint density at radius 2 is 1.80 bits per heavy atom. The van der Waals surface area contributed by atoms with Crippen LogP contribution in [0.25, 0.3) is 0 Å². The van der Waals surface area contributed by atoms with E-state index in [9.17, 15) is 18.0 Å². The van der Waals surface area contributed by atoms with Crippen LogP contribution in [0.1, 0.15) is 28.4 Å². The van der Waals surface area contributed by atoms with Gasteiger partial charge in [-0.2, -0.15) is 0 Å². The minimum atomic E-state index is -3.91. The van der Waals surface area contributed by atoms with E-state index >= 15 is 0 Å². The highest BCUT2D eigenvalue weighted by atomic mass is 32.2. The molecule has 0 spiro atoms. The second-order valence-electron chi connectivity index (χ2n) is 6.95. The first-order valence-electron chi connectivity index (χ1n) is 9.43. The third-order valence-electron chi connectivity index (χ3n) is 5.04. The van der Waals surface area contributed by atoms with Crippen LogP contribution < -0.4 is 0 Å². The van der Waals surface area contributed by atoms with Gasteiger partial charge < -0.3 is 9.64 Å². The van der Waals surface area contributed by atoms with Crippen LogP contribution in [0, 0.1) is 0 Å². The quantitative estimate of drug-likeness (QED) is 0.512. The van der Waals surface area contributed by atoms with Gasteiger partial charge in [-0.15, -0.1) is 0 Å². The minimum Gasteiger partial charge on any atom is -0.449 e. The SMILES string of the molecule is CON(C)S(=O)(=O)c1cccc(C(=O)OC(C)C(=O)N2CCc3ccccc3C2)c1. The summed E-state index contributed by atoms with van der Waals surface area (Å²) >= 11 is 0. The molecule has 1 amide bonds. The second kappa shape index (κ2) is 8.95. The van der Waals surface area contributed by atoms with Crippen LogP contribution in [0.2, 0.25) is 0 Å². The van der Waals surface area contributed by atoms with Crippen molar-refractivity contribution in [2.45, 2.75) is 30.9 Å². The standard InChI is InChI=1S/C21H24N2O6S/c1-15(20(24)23-12-11-16-7-4-5-8-18(16)14-23)29-21(25)17-9-6-10-19(13-17)30(26,27)22(2)28-3/h4-10,13,15H,11-12,14H2,1-3H3. The molecule has 0 saturated heterocycles. The Morgan fingerprint density at radius 3 is 2.50 bits per heavy atom. The van der Waals surface area contributed by atoms with Gasteiger partial charge in [0.1, 0.15) is 0 Å². The Hall–Kier alpha value is -2.75. The zero-order chi connectivity index (χ0) is 21.9. The van der Waals surface area contributed by atoms with Crippen LogP contribution in [0.4, 0.5) is 0 Å². The Kier molecular flexibility index (Phi) is 6.55. The molecule has 8 nitrogen and oxygen atoms in total. The van der Waals surface area contributed by atoms with Gasteiger partial charge in [0.2, 0.25) is 0 Å². The molecule has 1 unspecified atom stereocenters. The van der Waals surface area contributed by atoms with Gasteiger partial charge in [0.25, 0.3) is 15.9 Å². The first kappa shape index (κ1) is 21.9. The molecule has 0 bridgehead atoms. The lowest BCUT2D eigenvalue weighted by Crippen LogP contribution is -2.42. The van der Waals surface area contributed by atoms with Crippen molar-refractivity contribution < 1.29 is 27.6 Å². The molecule has 0 fully saturated rings. The lowest BCUT2D eigenvalue weighted by atomic mass is 9.99. The Balaban J connectivity index is 1.69. The zero-order valence-corrected chi connectivity index (χ0v) is 17.9. The number of esters is 1. The molecule has 9 heteroatoms. The maximum atomic E-state index is 12.8. The molecule has 1 atom stereocenters. The number of nitrogens with zero attached hydrogens (tertiary/aromatic N) is 2. The van der Waals surface area contributed by atoms with Crippen LogP contribution in [-0.4, -0.2) is 56.5 Å². The maximum Gasteiger partial charge on any atom is 0.338 e. The maximum absolute atomic E-state index is 12.8. The molecule has 1 heterocycles. The summed E-state index contributed by atoms with van der Waals surface area (Å²) in [5.41, 5.74) is 2.32. The predicted octanol–water partition coefficient (Wildman–Crippen LogP) is 2.00. The number of carbonyl (C=O) groups is 2. The van der Waals surface area contributed by atoms with Gasteiger partial charge in [0.15, 0.2) is 6.10 Å². The van der Waals surface area contributed by atoms with E-state index in [0.717, 1.165) is 12.0 Å². The highest BCUT2D eigenvalue weighted by molar-refractivity contribution is 7.89. The van der Waals surface area contributed by atoms with Crippen LogP contribution in [-0.2, 0) is 37.4 Å². The molecule has 2 aromatic rings. The second-order valence-corrected chi connectivity index (χ2v) is 8.89. The van der Waals surface area contributed by atoms with Crippen molar-refractivity contribution >= 4 is 21.9 Å². The van der Waals surface area contributed by atoms with E-state index in [1.807, 2.05) is 24.3 Å². The zero-order valence-electron chi connectivity index (χ0n) is 17.1. The number of benzene rings is 2. The van der Waals surface area contributed by atoms with E-state index in [1.54, 1.807) is 4.90 Å². The van der Waals surface area contributed by atoms with E-state index in [4.69, 9.17) is 9.57 Å². The highest BCUT2D eigenvalue weighted by Gasteiger charge is 2.28. The molecule has 2 aromatic carbocycles. The van der Waals surface area contributed by atoms with Crippen molar-refractivity contribution in [1.29, 1.82) is 0 Å². The molecule has 1 aliphatic rings. The summed E-state index contributed by atoms with van der Waals surface area (Å²) in [6.45, 7) is 2.53. The summed E-state index contributed by atoms with van der Waals surface area (Å²) in [6, 6.07) is 13.3. The summed E-state index contributed by atoms with van der Waals surface area (Å²) in [5.74, 6) is -1.06. The van der Waals surface area contributed by atoms with Gasteiger partial charge in [0.05, 0.1) is 17.6 Å². The van der Waals surface area contributed by atoms with E-state index in [1.165, 1.54) is 50.9 Å². The van der Waals surface area contributed by atoms with Gasteiger partial charge in [-0.1, -0.05) is 34.8 Å². The fraction of sp³-hybridized carbons (Fsp3) is 0.333. The Morgan fingerprint density at radius 1 is 1.10 bits per heavy atom. The third-order valence-corrected chi connectivity index (χ3v) is 6.71. The molecule has 0 N–H and O–H groups in total. The van der Waals surface area contributed by atoms with Crippen LogP contribution in [0.3, 0.4) is 0 Å². The van der Waals surface area contributed by atoms with Gasteiger partial charge in [-0.3, -0.25) is 9.63 Å². The monoisotopic (exact) mass is 432 g/mol. The highest BCUT2D eigenvalue weighted by Crippen LogP contribution is 2.20. The number of sulfonamides is 1. The first-order chi connectivity index (χ1) is 14.2. The normalized spacial score (nSPS) is 14.9. The van der Waals surface area contributed by atoms with Crippen molar-refractivity contribution in [1.82, 2.24) is 9.37 Å². The molecule has 0 saturated carbocycles. The molecule has 0 aliphatic carbocycles. The van der Waals surface area contributed by atoms with E-state index in [2.05, 4.69) is 0 Å². The van der Waals surface area contributed by atoms with Gasteiger partial charge in [-0.05, 0) is 42.7 Å². The van der Waals surface area contributed by atoms with Gasteiger partial charge >= 0.3 is 5.97 Å². The van der Waals surface area contributed by atoms with E-state index in [-0.39, 0.29) is 16.4 Å².